The summed E-state index contributed by atoms with van der Waals surface area (Å²) in [6, 6.07) is 14.7. The average Bonchev–Trinajstić information content (AvgIpc) is 3.36. The summed E-state index contributed by atoms with van der Waals surface area (Å²) in [5.74, 6) is 1.26. The van der Waals surface area contributed by atoms with Gasteiger partial charge in [-0.15, -0.1) is 0 Å². The summed E-state index contributed by atoms with van der Waals surface area (Å²) in [7, 11) is 0. The van der Waals surface area contributed by atoms with E-state index in [0.717, 1.165) is 51.1 Å². The van der Waals surface area contributed by atoms with Gasteiger partial charge < -0.3 is 25.0 Å². The number of nitrogens with one attached hydrogen (secondary N) is 2. The van der Waals surface area contributed by atoms with Gasteiger partial charge in [-0.3, -0.25) is 9.59 Å². The summed E-state index contributed by atoms with van der Waals surface area (Å²) in [6.45, 7) is 5.25. The highest BCUT2D eigenvalue weighted by atomic mass is 16.5. The molecule has 1 unspecified atom stereocenters. The topological polar surface area (TPSA) is 79.9 Å². The molecule has 1 atom stereocenters. The molecule has 2 amide bonds. The molecule has 2 heterocycles. The van der Waals surface area contributed by atoms with Crippen LogP contribution in [0.1, 0.15) is 43.0 Å². The average molecular weight is 452 g/mol. The van der Waals surface area contributed by atoms with E-state index >= 15 is 0 Å². The predicted octanol–water partition coefficient (Wildman–Crippen LogP) is 4.17. The maximum Gasteiger partial charge on any atom is 0.253 e. The van der Waals surface area contributed by atoms with Gasteiger partial charge in [0.05, 0.1) is 12.6 Å². The van der Waals surface area contributed by atoms with Gasteiger partial charge in [0.1, 0.15) is 12.4 Å². The Morgan fingerprint density at radius 3 is 2.64 bits per heavy atom. The van der Waals surface area contributed by atoms with Crippen molar-refractivity contribution in [3.8, 4) is 5.75 Å². The molecule has 2 aromatic carbocycles. The first-order chi connectivity index (χ1) is 16.1. The monoisotopic (exact) mass is 451 g/mol. The molecular weight excluding hydrogens is 418 g/mol. The zero-order valence-corrected chi connectivity index (χ0v) is 19.2. The van der Waals surface area contributed by atoms with Crippen LogP contribution in [0.5, 0.6) is 5.75 Å². The fourth-order valence-corrected chi connectivity index (χ4v) is 4.17. The lowest BCUT2D eigenvalue weighted by atomic mass is 9.98. The molecule has 0 aromatic heterocycles. The fraction of sp³-hybridized carbons (Fsp3) is 0.462. The second-order valence-electron chi connectivity index (χ2n) is 8.93. The second-order valence-corrected chi connectivity index (χ2v) is 8.93. The molecule has 7 heteroatoms. The highest BCUT2D eigenvalue weighted by Crippen LogP contribution is 2.21. The molecule has 176 valence electrons. The number of piperidine rings is 1. The van der Waals surface area contributed by atoms with Crippen LogP contribution in [0, 0.1) is 5.92 Å². The molecule has 2 aromatic rings. The largest absolute Gasteiger partial charge is 0.491 e. The fourth-order valence-electron chi connectivity index (χ4n) is 4.17. The molecule has 2 fully saturated rings. The first kappa shape index (κ1) is 23.1. The lowest BCUT2D eigenvalue weighted by Crippen LogP contribution is -2.37. The van der Waals surface area contributed by atoms with Gasteiger partial charge >= 0.3 is 0 Å². The number of rotatable bonds is 8. The minimum Gasteiger partial charge on any atom is -0.491 e. The van der Waals surface area contributed by atoms with Gasteiger partial charge in [-0.2, -0.15) is 0 Å². The van der Waals surface area contributed by atoms with Crippen LogP contribution in [-0.4, -0.2) is 55.7 Å². The Morgan fingerprint density at radius 2 is 1.85 bits per heavy atom. The van der Waals surface area contributed by atoms with Crippen LogP contribution in [0.4, 0.5) is 11.4 Å². The third-order valence-corrected chi connectivity index (χ3v) is 6.21. The van der Waals surface area contributed by atoms with Gasteiger partial charge in [-0.1, -0.05) is 19.1 Å². The molecule has 0 radical (unpaired) electrons. The maximum atomic E-state index is 12.8. The quantitative estimate of drug-likeness (QED) is 0.630. The SMILES string of the molecule is CC1CCN(C(=O)c2cccc(NCC(=O)Nc3cccc(OCC4CCCO4)c3)c2)CC1. The Hall–Kier alpha value is -3.06. The van der Waals surface area contributed by atoms with Crippen LogP contribution in [-0.2, 0) is 9.53 Å². The van der Waals surface area contributed by atoms with E-state index in [-0.39, 0.29) is 24.5 Å². The van der Waals surface area contributed by atoms with E-state index in [2.05, 4.69) is 17.6 Å². The molecule has 7 nitrogen and oxygen atoms in total. The Kier molecular flexibility index (Phi) is 7.83. The summed E-state index contributed by atoms with van der Waals surface area (Å²) in [4.78, 5) is 27.2. The second kappa shape index (κ2) is 11.2. The van der Waals surface area contributed by atoms with Gasteiger partial charge in [0, 0.05) is 42.7 Å². The van der Waals surface area contributed by atoms with E-state index < -0.39 is 0 Å². The molecule has 2 aliphatic rings. The molecule has 0 aliphatic carbocycles. The maximum absolute atomic E-state index is 12.8. The van der Waals surface area contributed by atoms with Crippen LogP contribution >= 0.6 is 0 Å². The van der Waals surface area contributed by atoms with Crippen molar-refractivity contribution in [2.24, 2.45) is 5.92 Å². The van der Waals surface area contributed by atoms with Crippen molar-refractivity contribution in [1.29, 1.82) is 0 Å². The van der Waals surface area contributed by atoms with Crippen molar-refractivity contribution in [1.82, 2.24) is 4.90 Å². The number of likely N-dealkylation sites (tertiary alicyclic amines) is 1. The van der Waals surface area contributed by atoms with Crippen LogP contribution in [0.25, 0.3) is 0 Å². The van der Waals surface area contributed by atoms with Crippen LogP contribution < -0.4 is 15.4 Å². The smallest absolute Gasteiger partial charge is 0.253 e. The molecule has 0 spiro atoms. The number of nitrogens with zero attached hydrogens (tertiary/aromatic N) is 1. The molecule has 2 aliphatic heterocycles. The Balaban J connectivity index is 1.26. The van der Waals surface area contributed by atoms with Crippen molar-refractivity contribution < 1.29 is 19.1 Å². The van der Waals surface area contributed by atoms with Crippen molar-refractivity contribution >= 4 is 23.2 Å². The molecule has 2 saturated heterocycles. The Labute approximate surface area is 195 Å². The summed E-state index contributed by atoms with van der Waals surface area (Å²) >= 11 is 0. The van der Waals surface area contributed by atoms with Crippen molar-refractivity contribution in [2.75, 3.05) is 43.5 Å². The Bertz CT molecular complexity index is 950. The highest BCUT2D eigenvalue weighted by Gasteiger charge is 2.21. The summed E-state index contributed by atoms with van der Waals surface area (Å²) in [5.41, 5.74) is 2.07. The zero-order valence-electron chi connectivity index (χ0n) is 19.2. The molecule has 4 rings (SSSR count). The lowest BCUT2D eigenvalue weighted by Gasteiger charge is -2.30. The summed E-state index contributed by atoms with van der Waals surface area (Å²) in [6.07, 6.45) is 4.33. The first-order valence-electron chi connectivity index (χ1n) is 11.8. The number of carbonyl (C=O) groups excluding carboxylic acids is 2. The first-order valence-corrected chi connectivity index (χ1v) is 11.8. The van der Waals surface area contributed by atoms with Gasteiger partial charge in [0.15, 0.2) is 0 Å². The van der Waals surface area contributed by atoms with E-state index in [9.17, 15) is 9.59 Å². The number of carbonyl (C=O) groups is 2. The van der Waals surface area contributed by atoms with Gasteiger partial charge in [0.25, 0.3) is 5.91 Å². The van der Waals surface area contributed by atoms with Gasteiger partial charge in [0.2, 0.25) is 5.91 Å². The number of anilines is 2. The van der Waals surface area contributed by atoms with E-state index in [1.807, 2.05) is 53.4 Å². The number of hydrogen-bond donors (Lipinski definition) is 2. The Morgan fingerprint density at radius 1 is 1.06 bits per heavy atom. The van der Waals surface area contributed by atoms with Crippen LogP contribution in [0.3, 0.4) is 0 Å². The minimum atomic E-state index is -0.173. The van der Waals surface area contributed by atoms with E-state index in [4.69, 9.17) is 9.47 Å². The number of hydrogen-bond acceptors (Lipinski definition) is 5. The van der Waals surface area contributed by atoms with Gasteiger partial charge in [-0.05, 0) is 61.9 Å². The zero-order chi connectivity index (χ0) is 23.0. The molecular formula is C26H33N3O4. The lowest BCUT2D eigenvalue weighted by molar-refractivity contribution is -0.114. The normalized spacial score (nSPS) is 18.7. The van der Waals surface area contributed by atoms with Crippen molar-refractivity contribution in [3.63, 3.8) is 0 Å². The molecule has 2 N–H and O–H groups in total. The highest BCUT2D eigenvalue weighted by molar-refractivity contribution is 5.96. The third kappa shape index (κ3) is 6.71. The molecule has 0 saturated carbocycles. The standard InChI is InChI=1S/C26H33N3O4/c1-19-10-12-29(13-11-19)26(31)20-5-2-6-21(15-20)27-17-25(30)28-22-7-3-8-23(16-22)33-18-24-9-4-14-32-24/h2-3,5-8,15-16,19,24,27H,4,9-14,17-18H2,1H3,(H,28,30). The molecule has 0 bridgehead atoms. The summed E-state index contributed by atoms with van der Waals surface area (Å²) in [5, 5.41) is 6.00. The predicted molar refractivity (Wildman–Crippen MR) is 129 cm³/mol. The van der Waals surface area contributed by atoms with Gasteiger partial charge in [-0.25, -0.2) is 0 Å². The minimum absolute atomic E-state index is 0.0508. The van der Waals surface area contributed by atoms with Crippen LogP contribution in [0.2, 0.25) is 0 Å². The van der Waals surface area contributed by atoms with Crippen LogP contribution in [0.15, 0.2) is 48.5 Å². The van der Waals surface area contributed by atoms with E-state index in [1.165, 1.54) is 0 Å². The number of benzene rings is 2. The van der Waals surface area contributed by atoms with E-state index in [1.54, 1.807) is 0 Å². The van der Waals surface area contributed by atoms with Crippen molar-refractivity contribution in [2.45, 2.75) is 38.7 Å². The number of ether oxygens (including phenoxy) is 2. The number of amides is 2. The van der Waals surface area contributed by atoms with Crippen molar-refractivity contribution in [3.05, 3.63) is 54.1 Å². The van der Waals surface area contributed by atoms with E-state index in [0.29, 0.717) is 29.5 Å². The third-order valence-electron chi connectivity index (χ3n) is 6.21. The summed E-state index contributed by atoms with van der Waals surface area (Å²) < 4.78 is 11.4. The molecule has 33 heavy (non-hydrogen) atoms.